The molecule has 1 aliphatic rings. The normalized spacial score (nSPS) is 18.3. The zero-order valence-corrected chi connectivity index (χ0v) is 8.69. The Bertz CT molecular complexity index is 337. The van der Waals surface area contributed by atoms with E-state index in [1.54, 1.807) is 0 Å². The lowest BCUT2D eigenvalue weighted by molar-refractivity contribution is 1.08. The summed E-state index contributed by atoms with van der Waals surface area (Å²) in [4.78, 5) is 0. The van der Waals surface area contributed by atoms with Crippen LogP contribution < -0.4 is 0 Å². The molecular formula is C11H11Br. The third-order valence-electron chi connectivity index (χ3n) is 2.43. The SMILES string of the molecule is C/C=C1\CCc2ccc(Br)cc21. The van der Waals surface area contributed by atoms with E-state index in [1.807, 2.05) is 0 Å². The molecule has 0 saturated carbocycles. The molecule has 0 unspecified atom stereocenters. The topological polar surface area (TPSA) is 0 Å². The Morgan fingerprint density at radius 3 is 2.92 bits per heavy atom. The van der Waals surface area contributed by atoms with Gasteiger partial charge in [0, 0.05) is 4.47 Å². The van der Waals surface area contributed by atoms with E-state index >= 15 is 0 Å². The summed E-state index contributed by atoms with van der Waals surface area (Å²) in [7, 11) is 0. The summed E-state index contributed by atoms with van der Waals surface area (Å²) < 4.78 is 1.18. The van der Waals surface area contributed by atoms with E-state index in [0.717, 1.165) is 0 Å². The number of hydrogen-bond donors (Lipinski definition) is 0. The van der Waals surface area contributed by atoms with Gasteiger partial charge in [0.1, 0.15) is 0 Å². The summed E-state index contributed by atoms with van der Waals surface area (Å²) in [5.41, 5.74) is 4.42. The van der Waals surface area contributed by atoms with Crippen LogP contribution >= 0.6 is 15.9 Å². The van der Waals surface area contributed by atoms with Gasteiger partial charge in [-0.05, 0) is 48.6 Å². The van der Waals surface area contributed by atoms with Crippen molar-refractivity contribution >= 4 is 21.5 Å². The van der Waals surface area contributed by atoms with E-state index in [2.05, 4.69) is 47.1 Å². The molecular weight excluding hydrogens is 212 g/mol. The van der Waals surface area contributed by atoms with Gasteiger partial charge in [0.25, 0.3) is 0 Å². The van der Waals surface area contributed by atoms with Gasteiger partial charge in [-0.15, -0.1) is 0 Å². The first-order chi connectivity index (χ1) is 5.81. The molecule has 0 aliphatic heterocycles. The van der Waals surface area contributed by atoms with Crippen molar-refractivity contribution in [2.24, 2.45) is 0 Å². The van der Waals surface area contributed by atoms with Crippen LogP contribution in [0.2, 0.25) is 0 Å². The van der Waals surface area contributed by atoms with E-state index in [0.29, 0.717) is 0 Å². The first kappa shape index (κ1) is 8.06. The summed E-state index contributed by atoms with van der Waals surface area (Å²) in [6.45, 7) is 2.12. The van der Waals surface area contributed by atoms with Gasteiger partial charge in [-0.25, -0.2) is 0 Å². The van der Waals surface area contributed by atoms with E-state index in [9.17, 15) is 0 Å². The molecule has 0 spiro atoms. The highest BCUT2D eigenvalue weighted by Gasteiger charge is 2.14. The summed E-state index contributed by atoms with van der Waals surface area (Å²) in [5.74, 6) is 0. The lowest BCUT2D eigenvalue weighted by atomic mass is 10.1. The van der Waals surface area contributed by atoms with Crippen molar-refractivity contribution in [2.75, 3.05) is 0 Å². The molecule has 0 N–H and O–H groups in total. The maximum Gasteiger partial charge on any atom is 0.0181 e. The van der Waals surface area contributed by atoms with Crippen LogP contribution in [0.1, 0.15) is 24.5 Å². The molecule has 0 atom stereocenters. The van der Waals surface area contributed by atoms with Gasteiger partial charge in [0.15, 0.2) is 0 Å². The van der Waals surface area contributed by atoms with E-state index < -0.39 is 0 Å². The van der Waals surface area contributed by atoms with Gasteiger partial charge in [-0.3, -0.25) is 0 Å². The summed E-state index contributed by atoms with van der Waals surface area (Å²) >= 11 is 3.49. The highest BCUT2D eigenvalue weighted by Crippen LogP contribution is 2.33. The van der Waals surface area contributed by atoms with Crippen LogP contribution in [0.5, 0.6) is 0 Å². The van der Waals surface area contributed by atoms with Gasteiger partial charge in [0.05, 0.1) is 0 Å². The number of aryl methyl sites for hydroxylation is 1. The maximum absolute atomic E-state index is 3.49. The van der Waals surface area contributed by atoms with Gasteiger partial charge < -0.3 is 0 Å². The zero-order valence-electron chi connectivity index (χ0n) is 7.10. The van der Waals surface area contributed by atoms with Gasteiger partial charge in [-0.1, -0.05) is 28.1 Å². The minimum Gasteiger partial charge on any atom is -0.0838 e. The quantitative estimate of drug-likeness (QED) is 0.627. The number of benzene rings is 1. The van der Waals surface area contributed by atoms with Crippen molar-refractivity contribution in [1.82, 2.24) is 0 Å². The average molecular weight is 223 g/mol. The molecule has 62 valence electrons. The fourth-order valence-corrected chi connectivity index (χ4v) is 2.13. The Morgan fingerprint density at radius 2 is 2.17 bits per heavy atom. The fourth-order valence-electron chi connectivity index (χ4n) is 1.77. The molecule has 0 aromatic heterocycles. The standard InChI is InChI=1S/C11H11Br/c1-2-8-3-4-9-5-6-10(12)7-11(8)9/h2,5-7H,3-4H2,1H3/b8-2+. The first-order valence-corrected chi connectivity index (χ1v) is 5.04. The Hall–Kier alpha value is -0.560. The molecule has 0 heterocycles. The minimum atomic E-state index is 1.18. The number of allylic oxidation sites excluding steroid dienone is 2. The number of fused-ring (bicyclic) bond motifs is 1. The highest BCUT2D eigenvalue weighted by atomic mass is 79.9. The predicted octanol–water partition coefficient (Wildman–Crippen LogP) is 3.80. The third-order valence-corrected chi connectivity index (χ3v) is 2.92. The predicted molar refractivity (Wildman–Crippen MR) is 56.1 cm³/mol. The summed E-state index contributed by atoms with van der Waals surface area (Å²) in [6, 6.07) is 6.56. The van der Waals surface area contributed by atoms with Crippen LogP contribution in [-0.2, 0) is 6.42 Å². The van der Waals surface area contributed by atoms with Gasteiger partial charge in [0.2, 0.25) is 0 Å². The second-order valence-electron chi connectivity index (χ2n) is 3.12. The largest absolute Gasteiger partial charge is 0.0838 e. The van der Waals surface area contributed by atoms with Crippen LogP contribution in [0.4, 0.5) is 0 Å². The molecule has 0 amide bonds. The lowest BCUT2D eigenvalue weighted by Gasteiger charge is -2.00. The van der Waals surface area contributed by atoms with Crippen LogP contribution in [-0.4, -0.2) is 0 Å². The minimum absolute atomic E-state index is 1.18. The molecule has 0 nitrogen and oxygen atoms in total. The van der Waals surface area contributed by atoms with Crippen molar-refractivity contribution in [1.29, 1.82) is 0 Å². The van der Waals surface area contributed by atoms with Crippen LogP contribution in [0.15, 0.2) is 28.7 Å². The molecule has 1 aromatic carbocycles. The fraction of sp³-hybridized carbons (Fsp3) is 0.273. The molecule has 1 aliphatic carbocycles. The number of rotatable bonds is 0. The Kier molecular flexibility index (Phi) is 2.05. The second kappa shape index (κ2) is 3.06. The Morgan fingerprint density at radius 1 is 1.33 bits per heavy atom. The molecule has 1 heteroatoms. The van der Waals surface area contributed by atoms with Gasteiger partial charge in [-0.2, -0.15) is 0 Å². The number of halogens is 1. The zero-order chi connectivity index (χ0) is 8.55. The molecule has 12 heavy (non-hydrogen) atoms. The third kappa shape index (κ3) is 1.22. The monoisotopic (exact) mass is 222 g/mol. The van der Waals surface area contributed by atoms with Gasteiger partial charge >= 0.3 is 0 Å². The Labute approximate surface area is 81.4 Å². The molecule has 0 saturated heterocycles. The van der Waals surface area contributed by atoms with Crippen LogP contribution in [0, 0.1) is 0 Å². The lowest BCUT2D eigenvalue weighted by Crippen LogP contribution is -1.79. The van der Waals surface area contributed by atoms with Crippen molar-refractivity contribution in [3.05, 3.63) is 39.9 Å². The van der Waals surface area contributed by atoms with Crippen molar-refractivity contribution in [3.63, 3.8) is 0 Å². The summed E-state index contributed by atoms with van der Waals surface area (Å²) in [5, 5.41) is 0. The Balaban J connectivity index is 2.57. The van der Waals surface area contributed by atoms with E-state index in [4.69, 9.17) is 0 Å². The second-order valence-corrected chi connectivity index (χ2v) is 4.03. The maximum atomic E-state index is 3.49. The summed E-state index contributed by atoms with van der Waals surface area (Å²) in [6.07, 6.45) is 4.64. The van der Waals surface area contributed by atoms with E-state index in [1.165, 1.54) is 34.0 Å². The van der Waals surface area contributed by atoms with Crippen LogP contribution in [0.3, 0.4) is 0 Å². The average Bonchev–Trinajstić information content (AvgIpc) is 2.46. The highest BCUT2D eigenvalue weighted by molar-refractivity contribution is 9.10. The molecule has 0 radical (unpaired) electrons. The van der Waals surface area contributed by atoms with Crippen molar-refractivity contribution in [3.8, 4) is 0 Å². The smallest absolute Gasteiger partial charge is 0.0181 e. The molecule has 0 bridgehead atoms. The molecule has 2 rings (SSSR count). The van der Waals surface area contributed by atoms with Crippen molar-refractivity contribution in [2.45, 2.75) is 19.8 Å². The number of hydrogen-bond acceptors (Lipinski definition) is 0. The molecule has 0 fully saturated rings. The van der Waals surface area contributed by atoms with Crippen molar-refractivity contribution < 1.29 is 0 Å². The van der Waals surface area contributed by atoms with E-state index in [-0.39, 0.29) is 0 Å². The molecule has 1 aromatic rings. The first-order valence-electron chi connectivity index (χ1n) is 4.25. The van der Waals surface area contributed by atoms with Crippen LogP contribution in [0.25, 0.3) is 5.57 Å².